The Hall–Kier alpha value is 0.720. The van der Waals surface area contributed by atoms with E-state index in [4.69, 9.17) is 58.0 Å². The quantitative estimate of drug-likeness (QED) is 0.687. The highest BCUT2D eigenvalue weighted by Gasteiger charge is 2.56. The number of alkyl halides is 5. The predicted molar refractivity (Wildman–Crippen MR) is 81.0 cm³/mol. The molecule has 1 heterocycles. The lowest BCUT2D eigenvalue weighted by atomic mass is 10.2. The molecular formula is C10H16Cl5N3. The number of rotatable bonds is 5. The molecule has 1 atom stereocenters. The van der Waals surface area contributed by atoms with Gasteiger partial charge in [-0.15, -0.1) is 0 Å². The summed E-state index contributed by atoms with van der Waals surface area (Å²) >= 11 is 30.2. The Balaban J connectivity index is 2.92. The Labute approximate surface area is 133 Å². The van der Waals surface area contributed by atoms with Crippen LogP contribution in [0.3, 0.4) is 0 Å². The number of unbranched alkanes of at least 4 members (excludes halogenated alkanes) is 1. The van der Waals surface area contributed by atoms with E-state index in [1.165, 1.54) is 0 Å². The van der Waals surface area contributed by atoms with Crippen molar-refractivity contribution in [3.63, 3.8) is 0 Å². The summed E-state index contributed by atoms with van der Waals surface area (Å²) in [4.78, 5) is 1.86. The summed E-state index contributed by atoms with van der Waals surface area (Å²) in [5.41, 5.74) is 0. The minimum Gasteiger partial charge on any atom is -0.337 e. The predicted octanol–water partition coefficient (Wildman–Crippen LogP) is 4.24. The van der Waals surface area contributed by atoms with Gasteiger partial charge in [0.25, 0.3) is 0 Å². The monoisotopic (exact) mass is 353 g/mol. The lowest BCUT2D eigenvalue weighted by Gasteiger charge is -2.41. The summed E-state index contributed by atoms with van der Waals surface area (Å²) in [7, 11) is 0. The summed E-state index contributed by atoms with van der Waals surface area (Å²) in [5.74, 6) is 0. The zero-order valence-electron chi connectivity index (χ0n) is 10.2. The van der Waals surface area contributed by atoms with Crippen molar-refractivity contribution in [2.24, 2.45) is 5.10 Å². The molecule has 3 nitrogen and oxygen atoms in total. The van der Waals surface area contributed by atoms with E-state index in [9.17, 15) is 0 Å². The molecule has 0 fully saturated rings. The Kier molecular flexibility index (Phi) is 6.01. The number of hydrazone groups is 1. The van der Waals surface area contributed by atoms with Crippen molar-refractivity contribution < 1.29 is 0 Å². The average Bonchev–Trinajstić information content (AvgIpc) is 2.68. The van der Waals surface area contributed by atoms with Gasteiger partial charge in [0.2, 0.25) is 8.13 Å². The molecule has 0 spiro atoms. The van der Waals surface area contributed by atoms with Gasteiger partial charge >= 0.3 is 0 Å². The van der Waals surface area contributed by atoms with E-state index >= 15 is 0 Å². The Morgan fingerprint density at radius 3 is 2.22 bits per heavy atom. The van der Waals surface area contributed by atoms with Crippen LogP contribution in [0, 0.1) is 0 Å². The van der Waals surface area contributed by atoms with Gasteiger partial charge in [-0.1, -0.05) is 71.3 Å². The highest BCUT2D eigenvalue weighted by Crippen LogP contribution is 2.50. The van der Waals surface area contributed by atoms with Crippen molar-refractivity contribution in [3.8, 4) is 0 Å². The van der Waals surface area contributed by atoms with Gasteiger partial charge in [-0.3, -0.25) is 5.01 Å². The first-order valence-corrected chi connectivity index (χ1v) is 7.65. The number of halogens is 5. The first-order chi connectivity index (χ1) is 8.25. The van der Waals surface area contributed by atoms with Crippen LogP contribution in [-0.4, -0.2) is 43.6 Å². The van der Waals surface area contributed by atoms with Crippen LogP contribution in [0.15, 0.2) is 5.10 Å². The van der Waals surface area contributed by atoms with Crippen molar-refractivity contribution in [2.75, 3.05) is 13.1 Å². The zero-order chi connectivity index (χ0) is 14.0. The van der Waals surface area contributed by atoms with Crippen LogP contribution < -0.4 is 0 Å². The van der Waals surface area contributed by atoms with Crippen LogP contribution in [0.1, 0.15) is 26.7 Å². The van der Waals surface area contributed by atoms with E-state index in [2.05, 4.69) is 12.0 Å². The van der Waals surface area contributed by atoms with E-state index in [-0.39, 0.29) is 0 Å². The minimum atomic E-state index is -1.80. The van der Waals surface area contributed by atoms with Crippen LogP contribution in [0.5, 0.6) is 0 Å². The molecule has 0 aromatic heterocycles. The molecule has 1 aliphatic heterocycles. The Bertz CT molecular complexity index is 302. The SMILES string of the molecule is CCCCN1N=CN(CC)C1C(Cl)(Cl)C(Cl)(Cl)Cl. The minimum absolute atomic E-state index is 0.482. The molecule has 0 bridgehead atoms. The van der Waals surface area contributed by atoms with Gasteiger partial charge in [-0.05, 0) is 13.3 Å². The van der Waals surface area contributed by atoms with Crippen LogP contribution in [-0.2, 0) is 0 Å². The van der Waals surface area contributed by atoms with Crippen molar-refractivity contribution in [1.29, 1.82) is 0 Å². The zero-order valence-corrected chi connectivity index (χ0v) is 14.0. The lowest BCUT2D eigenvalue weighted by molar-refractivity contribution is 0.117. The van der Waals surface area contributed by atoms with Gasteiger partial charge in [0, 0.05) is 13.1 Å². The first kappa shape index (κ1) is 16.8. The normalized spacial score (nSPS) is 20.9. The smallest absolute Gasteiger partial charge is 0.227 e. The van der Waals surface area contributed by atoms with E-state index in [1.807, 2.05) is 11.8 Å². The summed E-state index contributed by atoms with van der Waals surface area (Å²) in [5, 5.41) is 6.05. The molecule has 0 aliphatic carbocycles. The Morgan fingerprint density at radius 1 is 1.17 bits per heavy atom. The third-order valence-electron chi connectivity index (χ3n) is 2.75. The van der Waals surface area contributed by atoms with Gasteiger partial charge < -0.3 is 4.90 Å². The average molecular weight is 356 g/mol. The van der Waals surface area contributed by atoms with Gasteiger partial charge in [0.15, 0.2) is 6.17 Å². The molecule has 1 rings (SSSR count). The second-order valence-electron chi connectivity index (χ2n) is 4.07. The van der Waals surface area contributed by atoms with Crippen LogP contribution >= 0.6 is 58.0 Å². The Morgan fingerprint density at radius 2 is 1.78 bits per heavy atom. The highest BCUT2D eigenvalue weighted by atomic mass is 35.6. The molecule has 0 saturated carbocycles. The molecule has 1 aliphatic rings. The fourth-order valence-corrected chi connectivity index (χ4v) is 2.50. The van der Waals surface area contributed by atoms with E-state index < -0.39 is 14.3 Å². The summed E-state index contributed by atoms with van der Waals surface area (Å²) in [6.45, 7) is 5.45. The standard InChI is InChI=1S/C10H16Cl5N3/c1-3-5-6-18-8(17(4-2)7-16-18)9(11,12)10(13,14)15/h7-8H,3-6H2,1-2H3. The second-order valence-corrected chi connectivity index (χ2v) is 7.74. The van der Waals surface area contributed by atoms with Crippen molar-refractivity contribution >= 4 is 64.3 Å². The molecular weight excluding hydrogens is 339 g/mol. The summed E-state index contributed by atoms with van der Waals surface area (Å²) in [6.07, 6.45) is 3.20. The third-order valence-corrected chi connectivity index (χ3v) is 5.18. The van der Waals surface area contributed by atoms with Gasteiger partial charge in [-0.25, -0.2) is 0 Å². The maximum atomic E-state index is 6.27. The molecule has 1 unspecified atom stereocenters. The fourth-order valence-electron chi connectivity index (χ4n) is 1.73. The van der Waals surface area contributed by atoms with Crippen LogP contribution in [0.4, 0.5) is 0 Å². The van der Waals surface area contributed by atoms with E-state index in [1.54, 1.807) is 11.3 Å². The van der Waals surface area contributed by atoms with Gasteiger partial charge in [0.1, 0.15) is 6.34 Å². The molecule has 18 heavy (non-hydrogen) atoms. The molecule has 0 aromatic rings. The van der Waals surface area contributed by atoms with Gasteiger partial charge in [-0.2, -0.15) is 5.10 Å². The molecule has 0 radical (unpaired) electrons. The number of hydrogen-bond acceptors (Lipinski definition) is 3. The van der Waals surface area contributed by atoms with E-state index in [0.717, 1.165) is 19.4 Å². The molecule has 8 heteroatoms. The lowest BCUT2D eigenvalue weighted by Crippen LogP contribution is -2.56. The molecule has 0 saturated heterocycles. The maximum absolute atomic E-state index is 6.27. The summed E-state index contributed by atoms with van der Waals surface area (Å²) < 4.78 is -3.37. The van der Waals surface area contributed by atoms with Crippen LogP contribution in [0.2, 0.25) is 0 Å². The number of hydrogen-bond donors (Lipinski definition) is 0. The van der Waals surface area contributed by atoms with Gasteiger partial charge in [0.05, 0.1) is 0 Å². The highest BCUT2D eigenvalue weighted by molar-refractivity contribution is 6.75. The molecule has 106 valence electrons. The molecule has 0 amide bonds. The third kappa shape index (κ3) is 3.43. The topological polar surface area (TPSA) is 18.8 Å². The first-order valence-electron chi connectivity index (χ1n) is 5.76. The van der Waals surface area contributed by atoms with Crippen molar-refractivity contribution in [3.05, 3.63) is 0 Å². The second kappa shape index (κ2) is 6.45. The van der Waals surface area contributed by atoms with Crippen molar-refractivity contribution in [2.45, 2.75) is 41.0 Å². The van der Waals surface area contributed by atoms with Crippen LogP contribution in [0.25, 0.3) is 0 Å². The molecule has 0 N–H and O–H groups in total. The number of nitrogens with zero attached hydrogens (tertiary/aromatic N) is 3. The van der Waals surface area contributed by atoms with Crippen molar-refractivity contribution in [1.82, 2.24) is 9.91 Å². The maximum Gasteiger partial charge on any atom is 0.227 e. The largest absolute Gasteiger partial charge is 0.337 e. The summed E-state index contributed by atoms with van der Waals surface area (Å²) in [6, 6.07) is 0. The van der Waals surface area contributed by atoms with E-state index in [0.29, 0.717) is 6.54 Å². The molecule has 0 aromatic carbocycles. The fraction of sp³-hybridized carbons (Fsp3) is 0.900.